The summed E-state index contributed by atoms with van der Waals surface area (Å²) in [6.07, 6.45) is 4.20. The third kappa shape index (κ3) is 3.75. The van der Waals surface area contributed by atoms with E-state index < -0.39 is 5.97 Å². The van der Waals surface area contributed by atoms with Crippen LogP contribution in [0.15, 0.2) is 24.3 Å². The Morgan fingerprint density at radius 3 is 2.37 bits per heavy atom. The summed E-state index contributed by atoms with van der Waals surface area (Å²) < 4.78 is 5.22. The molecule has 4 rings (SSSR count). The van der Waals surface area contributed by atoms with Gasteiger partial charge in [0.05, 0.1) is 17.9 Å². The maximum absolute atomic E-state index is 12.8. The number of amides is 3. The van der Waals surface area contributed by atoms with E-state index in [4.69, 9.17) is 4.74 Å². The number of nitrogens with one attached hydrogen (secondary N) is 1. The number of ether oxygens (including phenoxy) is 1. The number of hydrogen-bond acceptors (Lipinski definition) is 6. The molecule has 0 bridgehead atoms. The number of hydrogen-bond donors (Lipinski definition) is 1. The van der Waals surface area contributed by atoms with Crippen molar-refractivity contribution in [1.29, 1.82) is 0 Å². The van der Waals surface area contributed by atoms with Crippen LogP contribution in [0.4, 0.5) is 10.7 Å². The summed E-state index contributed by atoms with van der Waals surface area (Å²) in [6, 6.07) is 6.31. The molecule has 2 aliphatic rings. The number of aryl methyl sites for hydroxylation is 1. The van der Waals surface area contributed by atoms with E-state index in [2.05, 4.69) is 5.32 Å². The Hall–Kier alpha value is -3.00. The highest BCUT2D eigenvalue weighted by Crippen LogP contribution is 2.39. The number of thiophene rings is 1. The topological polar surface area (TPSA) is 92.8 Å². The molecule has 0 unspecified atom stereocenters. The molecule has 1 aliphatic heterocycles. The number of carbonyl (C=O) groups is 4. The minimum Gasteiger partial charge on any atom is -0.462 e. The molecule has 3 amide bonds. The van der Waals surface area contributed by atoms with E-state index in [0.717, 1.165) is 41.0 Å². The van der Waals surface area contributed by atoms with Crippen molar-refractivity contribution in [2.24, 2.45) is 0 Å². The standard InChI is InChI=1S/C22H22N2O5S/c1-2-29-22(28)19-15-5-3-4-6-16(15)30-21(19)23-20(27)13-7-9-14(10-8-13)24-17(25)11-12-18(24)26/h7-10H,2-6,11-12H2,1H3,(H,23,27). The van der Waals surface area contributed by atoms with Crippen LogP contribution in [-0.2, 0) is 27.2 Å². The lowest BCUT2D eigenvalue weighted by atomic mass is 9.95. The first kappa shape index (κ1) is 20.3. The third-order valence-electron chi connectivity index (χ3n) is 5.32. The highest BCUT2D eigenvalue weighted by molar-refractivity contribution is 7.17. The van der Waals surface area contributed by atoms with E-state index >= 15 is 0 Å². The van der Waals surface area contributed by atoms with Gasteiger partial charge in [0, 0.05) is 23.3 Å². The fourth-order valence-electron chi connectivity index (χ4n) is 3.87. The number of fused-ring (bicyclic) bond motifs is 1. The van der Waals surface area contributed by atoms with Crippen molar-refractivity contribution < 1.29 is 23.9 Å². The molecule has 0 spiro atoms. The number of nitrogens with zero attached hydrogens (tertiary/aromatic N) is 1. The van der Waals surface area contributed by atoms with Gasteiger partial charge >= 0.3 is 5.97 Å². The predicted octanol–water partition coefficient (Wildman–Crippen LogP) is 3.71. The molecule has 1 aliphatic carbocycles. The molecule has 8 heteroatoms. The van der Waals surface area contributed by atoms with Gasteiger partial charge < -0.3 is 10.1 Å². The molecule has 2 heterocycles. The Labute approximate surface area is 178 Å². The van der Waals surface area contributed by atoms with Crippen molar-refractivity contribution >= 4 is 45.7 Å². The third-order valence-corrected chi connectivity index (χ3v) is 6.52. The Morgan fingerprint density at radius 2 is 1.70 bits per heavy atom. The first-order valence-corrected chi connectivity index (χ1v) is 10.9. The lowest BCUT2D eigenvalue weighted by Gasteiger charge is -2.14. The van der Waals surface area contributed by atoms with Crippen LogP contribution in [-0.4, -0.2) is 30.3 Å². The van der Waals surface area contributed by atoms with Crippen LogP contribution in [0.25, 0.3) is 0 Å². The monoisotopic (exact) mass is 426 g/mol. The van der Waals surface area contributed by atoms with Gasteiger partial charge in [-0.15, -0.1) is 11.3 Å². The summed E-state index contributed by atoms with van der Waals surface area (Å²) >= 11 is 1.43. The van der Waals surface area contributed by atoms with Gasteiger partial charge in [-0.2, -0.15) is 0 Å². The summed E-state index contributed by atoms with van der Waals surface area (Å²) in [7, 11) is 0. The zero-order chi connectivity index (χ0) is 21.3. The summed E-state index contributed by atoms with van der Waals surface area (Å²) in [5.41, 5.74) is 2.29. The highest BCUT2D eigenvalue weighted by atomic mass is 32.1. The van der Waals surface area contributed by atoms with Crippen molar-refractivity contribution in [3.63, 3.8) is 0 Å². The van der Waals surface area contributed by atoms with E-state index in [1.54, 1.807) is 31.2 Å². The summed E-state index contributed by atoms with van der Waals surface area (Å²) in [5, 5.41) is 3.37. The minimum atomic E-state index is -0.409. The van der Waals surface area contributed by atoms with Gasteiger partial charge in [-0.05, 0) is 62.4 Å². The predicted molar refractivity (Wildman–Crippen MR) is 113 cm³/mol. The number of esters is 1. The van der Waals surface area contributed by atoms with Crippen molar-refractivity contribution in [2.75, 3.05) is 16.8 Å². The molecule has 2 aromatic rings. The molecule has 0 atom stereocenters. The van der Waals surface area contributed by atoms with Crippen LogP contribution < -0.4 is 10.2 Å². The highest BCUT2D eigenvalue weighted by Gasteiger charge is 2.30. The van der Waals surface area contributed by atoms with Gasteiger partial charge in [0.1, 0.15) is 5.00 Å². The van der Waals surface area contributed by atoms with Gasteiger partial charge in [0.2, 0.25) is 11.8 Å². The second kappa shape index (κ2) is 8.39. The fourth-order valence-corrected chi connectivity index (χ4v) is 5.15. The van der Waals surface area contributed by atoms with Crippen LogP contribution in [0.3, 0.4) is 0 Å². The molecule has 0 saturated carbocycles. The molecule has 1 N–H and O–H groups in total. The molecule has 1 saturated heterocycles. The SMILES string of the molecule is CCOC(=O)c1c(NC(=O)c2ccc(N3C(=O)CCC3=O)cc2)sc2c1CCCC2. The fraction of sp³-hybridized carbons (Fsp3) is 0.364. The van der Waals surface area contributed by atoms with E-state index in [1.807, 2.05) is 0 Å². The average Bonchev–Trinajstić information content (AvgIpc) is 3.27. The Morgan fingerprint density at radius 1 is 1.03 bits per heavy atom. The molecule has 1 aromatic heterocycles. The van der Waals surface area contributed by atoms with E-state index in [1.165, 1.54) is 11.3 Å². The second-order valence-electron chi connectivity index (χ2n) is 7.26. The van der Waals surface area contributed by atoms with Gasteiger partial charge in [-0.1, -0.05) is 0 Å². The largest absolute Gasteiger partial charge is 0.462 e. The van der Waals surface area contributed by atoms with Gasteiger partial charge in [0.25, 0.3) is 5.91 Å². The number of anilines is 2. The molecule has 7 nitrogen and oxygen atoms in total. The zero-order valence-electron chi connectivity index (χ0n) is 16.7. The first-order valence-electron chi connectivity index (χ1n) is 10.1. The van der Waals surface area contributed by atoms with Crippen LogP contribution in [0.1, 0.15) is 63.8 Å². The summed E-state index contributed by atoms with van der Waals surface area (Å²) in [4.78, 5) is 51.4. The summed E-state index contributed by atoms with van der Waals surface area (Å²) in [6.45, 7) is 2.03. The molecule has 30 heavy (non-hydrogen) atoms. The first-order chi connectivity index (χ1) is 14.5. The zero-order valence-corrected chi connectivity index (χ0v) is 17.5. The van der Waals surface area contributed by atoms with Gasteiger partial charge in [0.15, 0.2) is 0 Å². The van der Waals surface area contributed by atoms with Gasteiger partial charge in [-0.25, -0.2) is 4.79 Å². The van der Waals surface area contributed by atoms with E-state index in [-0.39, 0.29) is 37.2 Å². The Balaban J connectivity index is 1.57. The average molecular weight is 426 g/mol. The smallest absolute Gasteiger partial charge is 0.341 e. The number of rotatable bonds is 5. The van der Waals surface area contributed by atoms with Crippen LogP contribution in [0.5, 0.6) is 0 Å². The lowest BCUT2D eigenvalue weighted by Crippen LogP contribution is -2.28. The molecule has 1 aromatic carbocycles. The second-order valence-corrected chi connectivity index (χ2v) is 8.36. The molecule has 1 fully saturated rings. The van der Waals surface area contributed by atoms with Gasteiger partial charge in [-0.3, -0.25) is 19.3 Å². The maximum atomic E-state index is 12.8. The number of benzene rings is 1. The lowest BCUT2D eigenvalue weighted by molar-refractivity contribution is -0.121. The van der Waals surface area contributed by atoms with Crippen LogP contribution in [0.2, 0.25) is 0 Å². The normalized spacial score (nSPS) is 15.8. The van der Waals surface area contributed by atoms with Crippen molar-refractivity contribution in [3.8, 4) is 0 Å². The van der Waals surface area contributed by atoms with Crippen LogP contribution in [0, 0.1) is 0 Å². The number of imide groups is 1. The van der Waals surface area contributed by atoms with Crippen molar-refractivity contribution in [1.82, 2.24) is 0 Å². The van der Waals surface area contributed by atoms with E-state index in [9.17, 15) is 19.2 Å². The minimum absolute atomic E-state index is 0.209. The van der Waals surface area contributed by atoms with E-state index in [0.29, 0.717) is 21.8 Å². The Bertz CT molecular complexity index is 1010. The quantitative estimate of drug-likeness (QED) is 0.581. The molecular weight excluding hydrogens is 404 g/mol. The Kier molecular flexibility index (Phi) is 5.67. The maximum Gasteiger partial charge on any atom is 0.341 e. The van der Waals surface area contributed by atoms with Crippen molar-refractivity contribution in [3.05, 3.63) is 45.8 Å². The molecular formula is C22H22N2O5S. The summed E-state index contributed by atoms with van der Waals surface area (Å²) in [5.74, 6) is -1.24. The molecule has 0 radical (unpaired) electrons. The molecule has 156 valence electrons. The van der Waals surface area contributed by atoms with Crippen molar-refractivity contribution in [2.45, 2.75) is 45.4 Å². The van der Waals surface area contributed by atoms with Crippen LogP contribution >= 0.6 is 11.3 Å². The number of carbonyl (C=O) groups excluding carboxylic acids is 4.